The number of ether oxygens (including phenoxy) is 2. The molecule has 1 saturated carbocycles. The Morgan fingerprint density at radius 3 is 2.65 bits per heavy atom. The number of nitrogens with zero attached hydrogens (tertiary/aromatic N) is 3. The molecule has 3 aliphatic heterocycles. The van der Waals surface area contributed by atoms with Gasteiger partial charge in [0.05, 0.1) is 31.7 Å². The maximum atomic E-state index is 13.9. The molecule has 1 aliphatic carbocycles. The molecule has 0 spiro atoms. The number of rotatable bonds is 5. The number of carbonyl (C=O) groups excluding carboxylic acids is 1. The fourth-order valence-corrected chi connectivity index (χ4v) is 6.30. The summed E-state index contributed by atoms with van der Waals surface area (Å²) in [5, 5.41) is 0. The van der Waals surface area contributed by atoms with Crippen LogP contribution < -0.4 is 4.74 Å². The maximum absolute atomic E-state index is 13.9. The summed E-state index contributed by atoms with van der Waals surface area (Å²) < 4.78 is 11.6. The predicted molar refractivity (Wildman–Crippen MR) is 120 cm³/mol. The van der Waals surface area contributed by atoms with E-state index < -0.39 is 0 Å². The number of morpholine rings is 1. The predicted octanol–water partition coefficient (Wildman–Crippen LogP) is 2.49. The monoisotopic (exact) mass is 427 g/mol. The van der Waals surface area contributed by atoms with Crippen molar-refractivity contribution in [2.45, 2.75) is 44.8 Å². The van der Waals surface area contributed by atoms with Crippen molar-refractivity contribution >= 4 is 5.91 Å². The zero-order valence-corrected chi connectivity index (χ0v) is 18.9. The molecule has 4 aliphatic rings. The molecule has 0 aromatic heterocycles. The number of hydrogen-bond acceptors (Lipinski definition) is 5. The molecule has 6 heteroatoms. The molecule has 1 aromatic carbocycles. The summed E-state index contributed by atoms with van der Waals surface area (Å²) in [4.78, 5) is 21.1. The van der Waals surface area contributed by atoms with Gasteiger partial charge in [0, 0.05) is 25.7 Å². The van der Waals surface area contributed by atoms with Crippen molar-refractivity contribution in [3.63, 3.8) is 0 Å². The molecular formula is C25H37N3O3. The molecule has 5 rings (SSSR count). The highest BCUT2D eigenvalue weighted by Crippen LogP contribution is 2.49. The van der Waals surface area contributed by atoms with Crippen LogP contribution in [0.5, 0.6) is 5.75 Å². The van der Waals surface area contributed by atoms with E-state index in [0.717, 1.165) is 84.0 Å². The van der Waals surface area contributed by atoms with E-state index in [1.54, 1.807) is 0 Å². The molecule has 3 heterocycles. The number of fused-ring (bicyclic) bond motifs is 1. The van der Waals surface area contributed by atoms with Gasteiger partial charge in [0.1, 0.15) is 11.9 Å². The van der Waals surface area contributed by atoms with Gasteiger partial charge in [-0.15, -0.1) is 0 Å². The van der Waals surface area contributed by atoms with Crippen molar-refractivity contribution in [1.82, 2.24) is 14.7 Å². The Bertz CT molecular complexity index is 748. The quantitative estimate of drug-likeness (QED) is 0.723. The van der Waals surface area contributed by atoms with Crippen molar-refractivity contribution in [3.8, 4) is 5.75 Å². The van der Waals surface area contributed by atoms with Crippen molar-refractivity contribution < 1.29 is 14.3 Å². The minimum atomic E-state index is -0.200. The van der Waals surface area contributed by atoms with Crippen LogP contribution in [0.2, 0.25) is 0 Å². The molecule has 0 unspecified atom stereocenters. The topological polar surface area (TPSA) is 45.2 Å². The molecule has 6 nitrogen and oxygen atoms in total. The van der Waals surface area contributed by atoms with Crippen molar-refractivity contribution in [3.05, 3.63) is 30.3 Å². The van der Waals surface area contributed by atoms with Crippen LogP contribution in [0, 0.1) is 11.3 Å². The van der Waals surface area contributed by atoms with E-state index in [-0.39, 0.29) is 11.5 Å². The van der Waals surface area contributed by atoms with Gasteiger partial charge >= 0.3 is 0 Å². The van der Waals surface area contributed by atoms with Gasteiger partial charge < -0.3 is 19.3 Å². The Kier molecular flexibility index (Phi) is 6.22. The maximum Gasteiger partial charge on any atom is 0.230 e. The molecule has 4 fully saturated rings. The highest BCUT2D eigenvalue weighted by molar-refractivity contribution is 5.84. The van der Waals surface area contributed by atoms with Gasteiger partial charge in [-0.3, -0.25) is 9.69 Å². The van der Waals surface area contributed by atoms with E-state index in [1.165, 1.54) is 6.42 Å². The number of para-hydroxylation sites is 1. The zero-order chi connectivity index (χ0) is 21.3. The molecule has 0 bridgehead atoms. The molecule has 1 aromatic rings. The average molecular weight is 428 g/mol. The molecule has 1 amide bonds. The summed E-state index contributed by atoms with van der Waals surface area (Å²) in [6.07, 6.45) is 4.60. The van der Waals surface area contributed by atoms with E-state index in [4.69, 9.17) is 9.47 Å². The van der Waals surface area contributed by atoms with Gasteiger partial charge in [-0.05, 0) is 56.8 Å². The Hall–Kier alpha value is -1.63. The smallest absolute Gasteiger partial charge is 0.230 e. The van der Waals surface area contributed by atoms with Gasteiger partial charge in [-0.2, -0.15) is 0 Å². The van der Waals surface area contributed by atoms with Crippen LogP contribution in [0.4, 0.5) is 0 Å². The molecule has 31 heavy (non-hydrogen) atoms. The molecule has 170 valence electrons. The van der Waals surface area contributed by atoms with Crippen molar-refractivity contribution in [2.24, 2.45) is 11.3 Å². The normalized spacial score (nSPS) is 32.9. The Balaban J connectivity index is 1.25. The number of piperidine rings is 1. The third kappa shape index (κ3) is 4.22. The van der Waals surface area contributed by atoms with Crippen molar-refractivity contribution in [1.29, 1.82) is 0 Å². The van der Waals surface area contributed by atoms with Crippen LogP contribution in [0.3, 0.4) is 0 Å². The van der Waals surface area contributed by atoms with Gasteiger partial charge in [0.25, 0.3) is 0 Å². The second-order valence-electron chi connectivity index (χ2n) is 9.85. The first-order chi connectivity index (χ1) is 15.2. The first-order valence-electron chi connectivity index (χ1n) is 12.2. The first kappa shape index (κ1) is 21.2. The highest BCUT2D eigenvalue weighted by Gasteiger charge is 2.55. The standard InChI is InChI=1S/C25H37N3O3/c1-2-26-11-9-20-16-21(27-12-14-30-15-13-27)8-10-25(20,19-26)24(29)28-17-23(18-28)31-22-6-4-3-5-7-22/h3-7,20-21,23H,2,8-19H2,1H3/t20-,21+,25-/m1/s1. The summed E-state index contributed by atoms with van der Waals surface area (Å²) in [7, 11) is 0. The SMILES string of the molecule is CCN1CC[C@@H]2C[C@@H](N3CCOCC3)CC[C@@]2(C(=O)N2CC(Oc3ccccc3)C2)C1. The lowest BCUT2D eigenvalue weighted by atomic mass is 9.60. The van der Waals surface area contributed by atoms with Crippen LogP contribution in [0.15, 0.2) is 30.3 Å². The first-order valence-corrected chi connectivity index (χ1v) is 12.2. The number of hydrogen-bond donors (Lipinski definition) is 0. The van der Waals surface area contributed by atoms with Crippen LogP contribution in [-0.2, 0) is 9.53 Å². The Morgan fingerprint density at radius 2 is 1.90 bits per heavy atom. The van der Waals surface area contributed by atoms with E-state index in [9.17, 15) is 4.79 Å². The largest absolute Gasteiger partial charge is 0.487 e. The van der Waals surface area contributed by atoms with E-state index >= 15 is 0 Å². The Morgan fingerprint density at radius 1 is 1.13 bits per heavy atom. The molecule has 3 saturated heterocycles. The molecule has 0 radical (unpaired) electrons. The van der Waals surface area contributed by atoms with Crippen LogP contribution in [0.25, 0.3) is 0 Å². The Labute approximate surface area is 186 Å². The fourth-order valence-electron chi connectivity index (χ4n) is 6.30. The third-order valence-electron chi connectivity index (χ3n) is 8.18. The van der Waals surface area contributed by atoms with Crippen molar-refractivity contribution in [2.75, 3.05) is 59.0 Å². The second-order valence-corrected chi connectivity index (χ2v) is 9.85. The number of amides is 1. The van der Waals surface area contributed by atoms with Gasteiger partial charge in [0.15, 0.2) is 0 Å². The number of likely N-dealkylation sites (tertiary alicyclic amines) is 2. The lowest BCUT2D eigenvalue weighted by Gasteiger charge is -2.55. The zero-order valence-electron chi connectivity index (χ0n) is 18.9. The summed E-state index contributed by atoms with van der Waals surface area (Å²) >= 11 is 0. The molecule has 0 N–H and O–H groups in total. The summed E-state index contributed by atoms with van der Waals surface area (Å²) in [5.74, 6) is 1.79. The lowest BCUT2D eigenvalue weighted by molar-refractivity contribution is -0.165. The van der Waals surface area contributed by atoms with Crippen LogP contribution in [-0.4, -0.2) is 91.8 Å². The lowest BCUT2D eigenvalue weighted by Crippen LogP contribution is -2.66. The number of carbonyl (C=O) groups is 1. The molecule has 3 atom stereocenters. The average Bonchev–Trinajstić information content (AvgIpc) is 2.81. The van der Waals surface area contributed by atoms with E-state index in [1.807, 2.05) is 30.3 Å². The van der Waals surface area contributed by atoms with E-state index in [2.05, 4.69) is 21.6 Å². The summed E-state index contributed by atoms with van der Waals surface area (Å²) in [6, 6.07) is 10.6. The van der Waals surface area contributed by atoms with E-state index in [0.29, 0.717) is 17.9 Å². The van der Waals surface area contributed by atoms with Crippen LogP contribution in [0.1, 0.15) is 32.6 Å². The fraction of sp³-hybridized carbons (Fsp3) is 0.720. The highest BCUT2D eigenvalue weighted by atomic mass is 16.5. The van der Waals surface area contributed by atoms with Gasteiger partial charge in [-0.1, -0.05) is 25.1 Å². The molecular weight excluding hydrogens is 390 g/mol. The van der Waals surface area contributed by atoms with Gasteiger partial charge in [-0.25, -0.2) is 0 Å². The summed E-state index contributed by atoms with van der Waals surface area (Å²) in [6.45, 7) is 10.6. The van der Waals surface area contributed by atoms with Gasteiger partial charge in [0.2, 0.25) is 5.91 Å². The second kappa shape index (κ2) is 9.08. The minimum absolute atomic E-state index is 0.122. The minimum Gasteiger partial charge on any atom is -0.487 e. The van der Waals surface area contributed by atoms with Crippen LogP contribution >= 0.6 is 0 Å². The summed E-state index contributed by atoms with van der Waals surface area (Å²) in [5.41, 5.74) is -0.200. The third-order valence-corrected chi connectivity index (χ3v) is 8.18. The number of benzene rings is 1.